The quantitative estimate of drug-likeness (QED) is 0.0178. The molecule has 4 aromatic rings. The molecule has 27 heteroatoms. The smallest absolute Gasteiger partial charge is 0.303 e. The summed E-state index contributed by atoms with van der Waals surface area (Å²) < 4.78 is 194. The Balaban J connectivity index is 1.51. The Labute approximate surface area is 435 Å². The number of aliphatic carboxylic acids is 1. The van der Waals surface area contributed by atoms with Crippen LogP contribution in [0.4, 0.5) is 11.4 Å². The summed E-state index contributed by atoms with van der Waals surface area (Å²) in [6.07, 6.45) is 9.51. The Kier molecular flexibility index (Phi) is 18.1. The summed E-state index contributed by atoms with van der Waals surface area (Å²) in [4.78, 5) is 10.0. The van der Waals surface area contributed by atoms with Crippen molar-refractivity contribution in [3.63, 3.8) is 0 Å². The van der Waals surface area contributed by atoms with Crippen LogP contribution in [0.5, 0.6) is 0 Å². The molecule has 4 aromatic carbocycles. The standard InChI is InChI=1S/C48H58N2O20S5/c1-47(2)42(49(20-10-6-9-14-44(51)52)38-17-15-34-36(45(38)47)28-32(72(56,57)58)30-40(34)74(62,63)64)12-7-5-8-13-43-48(3,19-11-27-71(53,54)55)46-37-29-33(73(59,60)61)31-41(75(65,66)67)35(37)16-18-39(46)50(43)21-22-69-25-26-70-24-23-68-4/h5,7-8,12-13,15-18,28-31H,6,9-11,14,19-27H2,1-4H3,(H5-,51,52,53,54,55,56,57,58,59,60,61,62,63,64,65,66,67)/p+1. The number of rotatable bonds is 26. The fourth-order valence-corrected chi connectivity index (χ4v) is 13.1. The van der Waals surface area contributed by atoms with Crippen LogP contribution in [0.1, 0.15) is 70.4 Å². The van der Waals surface area contributed by atoms with Crippen molar-refractivity contribution in [3.8, 4) is 0 Å². The third-order valence-electron chi connectivity index (χ3n) is 13.1. The number of hydrogen-bond acceptors (Lipinski definition) is 15. The van der Waals surface area contributed by atoms with Crippen LogP contribution in [-0.2, 0) is 80.4 Å². The van der Waals surface area contributed by atoms with Crippen molar-refractivity contribution in [2.24, 2.45) is 0 Å². The molecular weight excluding hydrogens is 1080 g/mol. The van der Waals surface area contributed by atoms with Crippen LogP contribution < -0.4 is 4.90 Å². The highest BCUT2D eigenvalue weighted by Gasteiger charge is 2.49. The van der Waals surface area contributed by atoms with Gasteiger partial charge in [-0.3, -0.25) is 27.6 Å². The molecule has 0 aliphatic carbocycles. The van der Waals surface area contributed by atoms with Gasteiger partial charge in [0.25, 0.3) is 50.6 Å². The van der Waals surface area contributed by atoms with Crippen molar-refractivity contribution in [1.82, 2.24) is 0 Å². The minimum Gasteiger partial charge on any atom is -0.481 e. The van der Waals surface area contributed by atoms with Crippen molar-refractivity contribution in [2.75, 3.05) is 63.9 Å². The lowest BCUT2D eigenvalue weighted by Gasteiger charge is -2.27. The van der Waals surface area contributed by atoms with Crippen LogP contribution in [0.25, 0.3) is 21.5 Å². The first-order valence-electron chi connectivity index (χ1n) is 23.2. The predicted octanol–water partition coefficient (Wildman–Crippen LogP) is 6.12. The molecule has 0 saturated heterocycles. The van der Waals surface area contributed by atoms with Crippen LogP contribution in [0.3, 0.4) is 0 Å². The Bertz CT molecular complexity index is 3610. The maximum absolute atomic E-state index is 12.8. The van der Waals surface area contributed by atoms with Gasteiger partial charge >= 0.3 is 5.97 Å². The molecule has 0 amide bonds. The van der Waals surface area contributed by atoms with E-state index in [1.54, 1.807) is 67.9 Å². The summed E-state index contributed by atoms with van der Waals surface area (Å²) in [5, 5.41) is 9.19. The lowest BCUT2D eigenvalue weighted by molar-refractivity contribution is -0.442. The fraction of sp³-hybridized carbons (Fsp3) is 0.417. The molecule has 75 heavy (non-hydrogen) atoms. The van der Waals surface area contributed by atoms with E-state index < -0.39 is 92.7 Å². The summed E-state index contributed by atoms with van der Waals surface area (Å²) >= 11 is 0. The molecule has 6 rings (SSSR count). The third-order valence-corrected chi connectivity index (χ3v) is 17.4. The van der Waals surface area contributed by atoms with Crippen molar-refractivity contribution in [2.45, 2.75) is 89.7 Å². The van der Waals surface area contributed by atoms with Gasteiger partial charge in [0.15, 0.2) is 12.3 Å². The summed E-state index contributed by atoms with van der Waals surface area (Å²) in [6, 6.07) is 9.40. The van der Waals surface area contributed by atoms with E-state index in [4.69, 9.17) is 14.2 Å². The summed E-state index contributed by atoms with van der Waals surface area (Å²) in [5.41, 5.74) is 0.418. The first-order chi connectivity index (χ1) is 34.8. The first-order valence-corrected chi connectivity index (χ1v) is 30.6. The maximum atomic E-state index is 12.8. The summed E-state index contributed by atoms with van der Waals surface area (Å²) in [6.45, 7) is 6.90. The molecule has 1 atom stereocenters. The van der Waals surface area contributed by atoms with Gasteiger partial charge < -0.3 is 24.2 Å². The van der Waals surface area contributed by atoms with Gasteiger partial charge in [0.1, 0.15) is 16.4 Å². The van der Waals surface area contributed by atoms with Gasteiger partial charge in [-0.2, -0.15) is 46.7 Å². The van der Waals surface area contributed by atoms with E-state index in [2.05, 4.69) is 0 Å². The molecule has 0 fully saturated rings. The fourth-order valence-electron chi connectivity index (χ4n) is 9.91. The zero-order valence-electron chi connectivity index (χ0n) is 41.2. The van der Waals surface area contributed by atoms with E-state index >= 15 is 0 Å². The Hall–Kier alpha value is -5.01. The predicted molar refractivity (Wildman–Crippen MR) is 276 cm³/mol. The molecule has 0 saturated carbocycles. The zero-order chi connectivity index (χ0) is 55.5. The summed E-state index contributed by atoms with van der Waals surface area (Å²) in [7, 11) is -23.2. The van der Waals surface area contributed by atoms with E-state index in [9.17, 15) is 74.8 Å². The number of carboxylic acid groups (broad SMARTS) is 1. The van der Waals surface area contributed by atoms with Crippen LogP contribution in [0.2, 0.25) is 0 Å². The minimum atomic E-state index is -5.12. The van der Waals surface area contributed by atoms with Crippen molar-refractivity contribution >= 4 is 95.2 Å². The molecule has 6 N–H and O–H groups in total. The lowest BCUT2D eigenvalue weighted by Crippen LogP contribution is -2.33. The number of carboxylic acids is 1. The van der Waals surface area contributed by atoms with Gasteiger partial charge in [-0.15, -0.1) is 0 Å². The number of methoxy groups -OCH3 is 1. The van der Waals surface area contributed by atoms with Crippen molar-refractivity contribution in [3.05, 3.63) is 95.7 Å². The van der Waals surface area contributed by atoms with Gasteiger partial charge in [0.05, 0.1) is 47.4 Å². The third kappa shape index (κ3) is 13.6. The molecule has 2 aliphatic heterocycles. The van der Waals surface area contributed by atoms with E-state index in [1.165, 1.54) is 19.2 Å². The molecule has 22 nitrogen and oxygen atoms in total. The number of hydrogen-bond donors (Lipinski definition) is 6. The average molecular weight is 1140 g/mol. The maximum Gasteiger partial charge on any atom is 0.303 e. The van der Waals surface area contributed by atoms with Gasteiger partial charge in [0, 0.05) is 65.4 Å². The number of carbonyl (C=O) groups is 1. The molecule has 2 heterocycles. The van der Waals surface area contributed by atoms with Crippen LogP contribution in [0.15, 0.2) is 104 Å². The van der Waals surface area contributed by atoms with E-state index in [1.807, 2.05) is 4.90 Å². The molecular formula is C48H59N2O20S5+. The zero-order valence-corrected chi connectivity index (χ0v) is 45.3. The largest absolute Gasteiger partial charge is 0.481 e. The van der Waals surface area contributed by atoms with Crippen LogP contribution >= 0.6 is 0 Å². The average Bonchev–Trinajstić information content (AvgIpc) is 3.66. The van der Waals surface area contributed by atoms with Crippen LogP contribution in [-0.4, -0.2) is 145 Å². The SMILES string of the molecule is COCCOCCOCC[N+]1=C(/C=C/C=C/C=C2/N(CCCCCC(=O)O)c3ccc4c(S(=O)(=O)O)cc(S(=O)(=O)O)cc4c3C2(C)C)C(C)(CCCS(=O)(=O)O)c2c1ccc1c(S(=O)(=O)O)cc(S(=O)(=O)O)cc21. The normalized spacial score (nSPS) is 17.9. The first kappa shape index (κ1) is 59.2. The number of unbranched alkanes of at least 4 members (excludes halogenated alkanes) is 2. The van der Waals surface area contributed by atoms with E-state index in [0.29, 0.717) is 85.1 Å². The molecule has 1 unspecified atom stereocenters. The van der Waals surface area contributed by atoms with E-state index in [0.717, 1.165) is 12.1 Å². The summed E-state index contributed by atoms with van der Waals surface area (Å²) in [5.74, 6) is -1.65. The molecule has 0 spiro atoms. The highest BCUT2D eigenvalue weighted by Crippen LogP contribution is 2.52. The highest BCUT2D eigenvalue weighted by atomic mass is 32.2. The van der Waals surface area contributed by atoms with Crippen molar-refractivity contribution in [1.29, 1.82) is 0 Å². The number of nitrogens with zero attached hydrogens (tertiary/aromatic N) is 2. The van der Waals surface area contributed by atoms with Crippen molar-refractivity contribution < 1.29 is 93.5 Å². The molecule has 0 aromatic heterocycles. The Morgan fingerprint density at radius 1 is 0.640 bits per heavy atom. The monoisotopic (exact) mass is 1140 g/mol. The highest BCUT2D eigenvalue weighted by molar-refractivity contribution is 7.87. The van der Waals surface area contributed by atoms with Crippen LogP contribution in [0, 0.1) is 0 Å². The Morgan fingerprint density at radius 3 is 1.75 bits per heavy atom. The van der Waals surface area contributed by atoms with Gasteiger partial charge in [0.2, 0.25) is 5.69 Å². The number of benzene rings is 4. The number of allylic oxidation sites excluding steroid dienone is 6. The Morgan fingerprint density at radius 2 is 1.20 bits per heavy atom. The minimum absolute atomic E-state index is 0.0169. The number of fused-ring (bicyclic) bond motifs is 6. The number of ether oxygens (including phenoxy) is 3. The van der Waals surface area contributed by atoms with Gasteiger partial charge in [-0.25, -0.2) is 0 Å². The molecule has 410 valence electrons. The molecule has 0 bridgehead atoms. The van der Waals surface area contributed by atoms with Gasteiger partial charge in [-0.05, 0) is 91.4 Å². The molecule has 2 aliphatic rings. The number of anilines is 1. The van der Waals surface area contributed by atoms with E-state index in [-0.39, 0.29) is 67.2 Å². The van der Waals surface area contributed by atoms with Gasteiger partial charge in [-0.1, -0.05) is 44.6 Å². The topological polar surface area (TPSA) is 343 Å². The lowest BCUT2D eigenvalue weighted by atomic mass is 9.74. The second kappa shape index (κ2) is 22.9. The molecule has 0 radical (unpaired) electrons. The second-order valence-electron chi connectivity index (χ2n) is 18.6. The second-order valence-corrected chi connectivity index (χ2v) is 25.8.